The first-order valence-electron chi connectivity index (χ1n) is 56.3. The third-order valence-corrected chi connectivity index (χ3v) is 27.1. The summed E-state index contributed by atoms with van der Waals surface area (Å²) in [7, 11) is 3.44. The van der Waals surface area contributed by atoms with Gasteiger partial charge < -0.3 is 37.9 Å². The molecule has 8 heteroatoms. The fourth-order valence-corrected chi connectivity index (χ4v) is 18.3. The van der Waals surface area contributed by atoms with Crippen molar-refractivity contribution >= 4 is 0 Å². The van der Waals surface area contributed by atoms with Gasteiger partial charge in [0.05, 0.1) is 53.9 Å². The average molecular weight is 1890 g/mol. The van der Waals surface area contributed by atoms with E-state index in [1.807, 2.05) is 24.3 Å². The zero-order valence-electron chi connectivity index (χ0n) is 88.4. The summed E-state index contributed by atoms with van der Waals surface area (Å²) in [5.41, 5.74) is 14.1. The molecule has 0 atom stereocenters. The molecule has 9 aromatic rings. The minimum absolute atomic E-state index is 0.492. The van der Waals surface area contributed by atoms with Crippen LogP contribution in [0, 0.1) is 47.4 Å². The van der Waals surface area contributed by atoms with Crippen LogP contribution in [0.3, 0.4) is 0 Å². The van der Waals surface area contributed by atoms with Crippen molar-refractivity contribution in [3.8, 4) is 138 Å². The minimum atomic E-state index is 0.492. The number of ether oxygens (including phenoxy) is 8. The van der Waals surface area contributed by atoms with Gasteiger partial charge in [-0.15, -0.1) is 0 Å². The third-order valence-electron chi connectivity index (χ3n) is 27.1. The van der Waals surface area contributed by atoms with Gasteiger partial charge in [0.25, 0.3) is 0 Å². The van der Waals surface area contributed by atoms with E-state index in [4.69, 9.17) is 37.9 Å². The molecule has 0 radical (unpaired) electrons. The average Bonchev–Trinajstić information content (AvgIpc) is 0.753. The zero-order valence-corrected chi connectivity index (χ0v) is 88.4. The van der Waals surface area contributed by atoms with Crippen LogP contribution in [0.5, 0.6) is 46.0 Å². The van der Waals surface area contributed by atoms with Crippen molar-refractivity contribution in [2.75, 3.05) is 53.9 Å². The Kier molecular flexibility index (Phi) is 58.9. The highest BCUT2D eigenvalue weighted by Gasteiger charge is 2.24. The Morgan fingerprint density at radius 3 is 0.529 bits per heavy atom. The van der Waals surface area contributed by atoms with Crippen molar-refractivity contribution in [3.63, 3.8) is 0 Å². The van der Waals surface area contributed by atoms with Gasteiger partial charge in [0, 0.05) is 66.8 Å². The van der Waals surface area contributed by atoms with Crippen LogP contribution in [-0.4, -0.2) is 53.9 Å². The van der Waals surface area contributed by atoms with Gasteiger partial charge in [-0.05, 0) is 219 Å². The molecule has 0 aliphatic rings. The lowest BCUT2D eigenvalue weighted by atomic mass is 9.87. The molecule has 0 saturated carbocycles. The molecule has 0 fully saturated rings. The fraction of sp³-hybridized carbons (Fsp3) is 0.530. The van der Waals surface area contributed by atoms with Crippen molar-refractivity contribution in [2.45, 2.75) is 401 Å². The SMILES string of the molecule is CCCCCCCCCCCCOc1ccc(C#Cc2cc(-c3cc(OCCCCCCCCCC)c(-c4cc(C#Cc5ccc(OCCCCCCCCCCCC)cc5)c(-c5ccc(OC)cc5)cc4C#Cc4ccc(OCCCCCCCCCCCC)cc4)cc3OCCCCCCCCCC)c(C#Cc3ccc(OCCCCCCCCCCCC)cc3)cc2-c2ccc(OC)cc2)cc1. The third kappa shape index (κ3) is 45.7. The topological polar surface area (TPSA) is 73.8 Å². The first-order chi connectivity index (χ1) is 69.2. The molecule has 9 aromatic carbocycles. The van der Waals surface area contributed by atoms with Crippen LogP contribution in [0.1, 0.15) is 446 Å². The number of benzene rings is 9. The van der Waals surface area contributed by atoms with E-state index in [1.54, 1.807) is 14.2 Å². The Morgan fingerprint density at radius 2 is 0.329 bits per heavy atom. The van der Waals surface area contributed by atoms with Gasteiger partial charge in [0.1, 0.15) is 46.0 Å². The van der Waals surface area contributed by atoms with Crippen LogP contribution >= 0.6 is 0 Å². The number of unbranched alkanes of at least 4 members (excludes halogenated alkanes) is 50. The normalized spacial score (nSPS) is 11.0. The highest BCUT2D eigenvalue weighted by atomic mass is 16.5. The fourth-order valence-electron chi connectivity index (χ4n) is 18.3. The lowest BCUT2D eigenvalue weighted by molar-refractivity contribution is 0.298. The second-order valence-electron chi connectivity index (χ2n) is 39.1. The number of hydrogen-bond acceptors (Lipinski definition) is 8. The van der Waals surface area contributed by atoms with Crippen molar-refractivity contribution in [2.24, 2.45) is 0 Å². The second kappa shape index (κ2) is 72.8. The maximum atomic E-state index is 7.56. The van der Waals surface area contributed by atoms with Crippen LogP contribution < -0.4 is 37.9 Å². The largest absolute Gasteiger partial charge is 0.497 e. The van der Waals surface area contributed by atoms with Crippen LogP contribution in [0.4, 0.5) is 0 Å². The second-order valence-corrected chi connectivity index (χ2v) is 39.1. The molecule has 0 aromatic heterocycles. The van der Waals surface area contributed by atoms with Gasteiger partial charge >= 0.3 is 0 Å². The van der Waals surface area contributed by atoms with E-state index in [2.05, 4.69) is 247 Å². The van der Waals surface area contributed by atoms with Gasteiger partial charge in [0.2, 0.25) is 0 Å². The molecule has 0 aliphatic heterocycles. The molecule has 8 nitrogen and oxygen atoms in total. The first kappa shape index (κ1) is 113. The first-order valence-corrected chi connectivity index (χ1v) is 56.3. The Hall–Kier alpha value is -10.4. The molecule has 0 saturated heterocycles. The van der Waals surface area contributed by atoms with Crippen molar-refractivity contribution in [1.82, 2.24) is 0 Å². The Bertz CT molecular complexity index is 4730. The molecule has 0 aliphatic carbocycles. The summed E-state index contributed by atoms with van der Waals surface area (Å²) in [6, 6.07) is 63.4. The van der Waals surface area contributed by atoms with Crippen molar-refractivity contribution < 1.29 is 37.9 Å². The standard InChI is InChI=1S/C132H178O8/c1-9-15-21-27-33-39-43-49-53-59-97-135-121-85-69-109(70-86-121)65-77-115-105-127(117(103-125(115)113-81-93-119(133-7)94-82-113)79-67-111-73-89-123(90-74-111)137-99-61-55-51-45-41-35-29-23-17-11-3)129-107-132(140-102-64-58-48-38-32-26-20-14-6)130(108-131(129)139-101-63-57-47-37-31-25-19-13-5)128-106-116(78-66-110-71-87-122(88-72-110)136-98-60-54-50-44-40-34-28-22-16-10-2)126(114-83-95-120(134-8)96-84-114)104-118(128)80-68-112-75-91-124(92-76-112)138-100-62-56-52-46-42-36-30-24-18-12-4/h69-76,81-96,103-108H,9-64,97-102H2,1-8H3. The van der Waals surface area contributed by atoms with E-state index in [0.29, 0.717) is 51.1 Å². The Balaban J connectivity index is 1.21. The molecule has 0 amide bonds. The molecule has 0 unspecified atom stereocenters. The van der Waals surface area contributed by atoms with Crippen LogP contribution in [0.25, 0.3) is 44.5 Å². The molecular formula is C132H178O8. The Labute approximate surface area is 851 Å². The number of hydrogen-bond donors (Lipinski definition) is 0. The van der Waals surface area contributed by atoms with Gasteiger partial charge in [-0.2, -0.15) is 0 Å². The lowest BCUT2D eigenvalue weighted by Gasteiger charge is -2.21. The van der Waals surface area contributed by atoms with E-state index in [9.17, 15) is 0 Å². The lowest BCUT2D eigenvalue weighted by Crippen LogP contribution is -2.05. The summed E-state index contributed by atoms with van der Waals surface area (Å²) in [5, 5.41) is 0. The van der Waals surface area contributed by atoms with E-state index < -0.39 is 0 Å². The predicted molar refractivity (Wildman–Crippen MR) is 597 cm³/mol. The van der Waals surface area contributed by atoms with Crippen LogP contribution in [-0.2, 0) is 0 Å². The number of methoxy groups -OCH3 is 2. The van der Waals surface area contributed by atoms with Gasteiger partial charge in [-0.3, -0.25) is 0 Å². The quantitative estimate of drug-likeness (QED) is 0.0276. The molecule has 9 rings (SSSR count). The van der Waals surface area contributed by atoms with Crippen molar-refractivity contribution in [1.29, 1.82) is 0 Å². The summed E-state index contributed by atoms with van der Waals surface area (Å²) in [6.45, 7) is 17.5. The monoisotopic (exact) mass is 1890 g/mol. The number of rotatable bonds is 74. The van der Waals surface area contributed by atoms with Crippen molar-refractivity contribution in [3.05, 3.63) is 226 Å². The molecule has 0 spiro atoms. The molecule has 754 valence electrons. The highest BCUT2D eigenvalue weighted by molar-refractivity contribution is 5.90. The van der Waals surface area contributed by atoms with E-state index in [0.717, 1.165) is 188 Å². The smallest absolute Gasteiger partial charge is 0.128 e. The van der Waals surface area contributed by atoms with Gasteiger partial charge in [0.15, 0.2) is 0 Å². The summed E-state index contributed by atoms with van der Waals surface area (Å²) in [4.78, 5) is 0. The van der Waals surface area contributed by atoms with E-state index in [-0.39, 0.29) is 0 Å². The highest BCUT2D eigenvalue weighted by Crippen LogP contribution is 2.47. The molecule has 0 heterocycles. The molecule has 0 bridgehead atoms. The minimum Gasteiger partial charge on any atom is -0.497 e. The Morgan fingerprint density at radius 1 is 0.157 bits per heavy atom. The summed E-state index contributed by atoms with van der Waals surface area (Å²) in [5.74, 6) is 36.3. The van der Waals surface area contributed by atoms with E-state index >= 15 is 0 Å². The van der Waals surface area contributed by atoms with Crippen LogP contribution in [0.15, 0.2) is 182 Å². The predicted octanol–water partition coefficient (Wildman–Crippen LogP) is 38.2. The zero-order chi connectivity index (χ0) is 98.2. The summed E-state index contributed by atoms with van der Waals surface area (Å²) >= 11 is 0. The summed E-state index contributed by atoms with van der Waals surface area (Å²) < 4.78 is 52.4. The maximum absolute atomic E-state index is 7.56. The summed E-state index contributed by atoms with van der Waals surface area (Å²) in [6.07, 6.45) is 69.8. The molecule has 140 heavy (non-hydrogen) atoms. The van der Waals surface area contributed by atoms with E-state index in [1.165, 1.54) is 295 Å². The molecule has 0 N–H and O–H groups in total. The van der Waals surface area contributed by atoms with Crippen LogP contribution in [0.2, 0.25) is 0 Å². The maximum Gasteiger partial charge on any atom is 0.128 e. The van der Waals surface area contributed by atoms with Gasteiger partial charge in [-0.1, -0.05) is 434 Å². The van der Waals surface area contributed by atoms with Gasteiger partial charge in [-0.25, -0.2) is 0 Å². The molecular weight excluding hydrogens is 1710 g/mol.